The summed E-state index contributed by atoms with van der Waals surface area (Å²) < 4.78 is 5.26. The van der Waals surface area contributed by atoms with Gasteiger partial charge in [0.1, 0.15) is 11.4 Å². The minimum absolute atomic E-state index is 0.278. The third-order valence-electron chi connectivity index (χ3n) is 4.75. The number of hydrogen-bond acceptors (Lipinski definition) is 4. The van der Waals surface area contributed by atoms with Gasteiger partial charge in [0.25, 0.3) is 5.91 Å². The first kappa shape index (κ1) is 18.6. The van der Waals surface area contributed by atoms with E-state index in [9.17, 15) is 4.79 Å². The van der Waals surface area contributed by atoms with Gasteiger partial charge >= 0.3 is 0 Å². The summed E-state index contributed by atoms with van der Waals surface area (Å²) in [6.07, 6.45) is 4.61. The molecule has 146 valence electrons. The van der Waals surface area contributed by atoms with Crippen molar-refractivity contribution in [3.8, 4) is 5.75 Å². The second kappa shape index (κ2) is 8.48. The molecule has 0 atom stereocenters. The van der Waals surface area contributed by atoms with Crippen LogP contribution in [0.3, 0.4) is 0 Å². The molecule has 2 aromatic carbocycles. The fourth-order valence-corrected chi connectivity index (χ4v) is 3.25. The number of fused-ring (bicyclic) bond motifs is 1. The Morgan fingerprint density at radius 1 is 1.07 bits per heavy atom. The van der Waals surface area contributed by atoms with Crippen LogP contribution < -0.4 is 15.4 Å². The van der Waals surface area contributed by atoms with Crippen LogP contribution in [-0.4, -0.2) is 29.5 Å². The van der Waals surface area contributed by atoms with Gasteiger partial charge in [-0.15, -0.1) is 0 Å². The highest BCUT2D eigenvalue weighted by Crippen LogP contribution is 2.23. The van der Waals surface area contributed by atoms with Crippen molar-refractivity contribution in [2.75, 3.05) is 24.3 Å². The largest absolute Gasteiger partial charge is 0.495 e. The number of nitrogens with zero attached hydrogens (tertiary/aromatic N) is 1. The predicted molar refractivity (Wildman–Crippen MR) is 116 cm³/mol. The van der Waals surface area contributed by atoms with Crippen molar-refractivity contribution in [1.29, 1.82) is 0 Å². The highest BCUT2D eigenvalue weighted by molar-refractivity contribution is 6.03. The zero-order valence-corrected chi connectivity index (χ0v) is 16.1. The SMILES string of the molecule is COc1ccccc1NC(=O)c1ccc(NCCc2c[nH]c3ccccc23)cn1. The number of ether oxygens (including phenoxy) is 1. The second-order valence-corrected chi connectivity index (χ2v) is 6.62. The first-order chi connectivity index (χ1) is 14.2. The van der Waals surface area contributed by atoms with Crippen molar-refractivity contribution in [3.05, 3.63) is 84.3 Å². The molecule has 0 bridgehead atoms. The van der Waals surface area contributed by atoms with E-state index in [1.807, 2.05) is 30.3 Å². The normalized spacial score (nSPS) is 10.7. The lowest BCUT2D eigenvalue weighted by Crippen LogP contribution is -2.14. The maximum atomic E-state index is 12.4. The van der Waals surface area contributed by atoms with Crippen molar-refractivity contribution in [2.24, 2.45) is 0 Å². The average Bonchev–Trinajstić information content (AvgIpc) is 3.18. The highest BCUT2D eigenvalue weighted by atomic mass is 16.5. The Bertz CT molecular complexity index is 1120. The molecule has 2 aromatic heterocycles. The number of anilines is 2. The van der Waals surface area contributed by atoms with Crippen LogP contribution >= 0.6 is 0 Å². The average molecular weight is 386 g/mol. The molecule has 6 heteroatoms. The van der Waals surface area contributed by atoms with Gasteiger partial charge in [-0.3, -0.25) is 4.79 Å². The molecule has 0 fully saturated rings. The van der Waals surface area contributed by atoms with Crippen LogP contribution in [0.4, 0.5) is 11.4 Å². The fourth-order valence-electron chi connectivity index (χ4n) is 3.25. The Hall–Kier alpha value is -3.80. The number of nitrogens with one attached hydrogen (secondary N) is 3. The molecule has 4 rings (SSSR count). The molecule has 0 aliphatic heterocycles. The Balaban J connectivity index is 1.34. The molecule has 0 unspecified atom stereocenters. The van der Waals surface area contributed by atoms with Crippen LogP contribution in [0.2, 0.25) is 0 Å². The van der Waals surface area contributed by atoms with Crippen LogP contribution in [0, 0.1) is 0 Å². The summed E-state index contributed by atoms with van der Waals surface area (Å²) in [6, 6.07) is 19.1. The zero-order valence-electron chi connectivity index (χ0n) is 16.1. The molecule has 3 N–H and O–H groups in total. The van der Waals surface area contributed by atoms with Crippen LogP contribution in [0.5, 0.6) is 5.75 Å². The van der Waals surface area contributed by atoms with E-state index < -0.39 is 0 Å². The summed E-state index contributed by atoms with van der Waals surface area (Å²) in [5.41, 5.74) is 4.25. The van der Waals surface area contributed by atoms with E-state index in [2.05, 4.69) is 38.9 Å². The van der Waals surface area contributed by atoms with Crippen molar-refractivity contribution < 1.29 is 9.53 Å². The lowest BCUT2D eigenvalue weighted by atomic mass is 10.1. The summed E-state index contributed by atoms with van der Waals surface area (Å²) >= 11 is 0. The first-order valence-electron chi connectivity index (χ1n) is 9.44. The Labute approximate surface area is 168 Å². The summed E-state index contributed by atoms with van der Waals surface area (Å²) in [6.45, 7) is 0.774. The van der Waals surface area contributed by atoms with Gasteiger partial charge in [-0.25, -0.2) is 4.98 Å². The fraction of sp³-hybridized carbons (Fsp3) is 0.130. The lowest BCUT2D eigenvalue weighted by molar-refractivity contribution is 0.102. The van der Waals surface area contributed by atoms with Crippen molar-refractivity contribution in [3.63, 3.8) is 0 Å². The molecule has 0 aliphatic rings. The third kappa shape index (κ3) is 4.21. The second-order valence-electron chi connectivity index (χ2n) is 6.62. The molecular weight excluding hydrogens is 364 g/mol. The molecule has 2 heterocycles. The number of carbonyl (C=O) groups excluding carboxylic acids is 1. The van der Waals surface area contributed by atoms with Crippen LogP contribution in [0.1, 0.15) is 16.1 Å². The predicted octanol–water partition coefficient (Wildman–Crippen LogP) is 4.48. The number of para-hydroxylation sites is 3. The van der Waals surface area contributed by atoms with E-state index in [0.717, 1.165) is 24.2 Å². The molecular formula is C23H22N4O2. The number of rotatable bonds is 7. The van der Waals surface area contributed by atoms with Crippen LogP contribution in [0.25, 0.3) is 10.9 Å². The maximum absolute atomic E-state index is 12.4. The van der Waals surface area contributed by atoms with Crippen molar-refractivity contribution in [1.82, 2.24) is 9.97 Å². The van der Waals surface area contributed by atoms with Gasteiger partial charge in [0.2, 0.25) is 0 Å². The van der Waals surface area contributed by atoms with E-state index in [1.54, 1.807) is 31.5 Å². The molecule has 0 radical (unpaired) electrons. The summed E-state index contributed by atoms with van der Waals surface area (Å²) in [7, 11) is 1.57. The standard InChI is InChI=1S/C23H22N4O2/c1-29-22-9-5-4-8-20(22)27-23(28)21-11-10-17(15-26-21)24-13-12-16-14-25-19-7-3-2-6-18(16)19/h2-11,14-15,24-25H,12-13H2,1H3,(H,27,28). The Morgan fingerprint density at radius 3 is 2.72 bits per heavy atom. The topological polar surface area (TPSA) is 79.0 Å². The summed E-state index contributed by atoms with van der Waals surface area (Å²) in [4.78, 5) is 20.0. The van der Waals surface area contributed by atoms with Crippen LogP contribution in [-0.2, 0) is 6.42 Å². The number of carbonyl (C=O) groups is 1. The van der Waals surface area contributed by atoms with Crippen molar-refractivity contribution >= 4 is 28.2 Å². The number of methoxy groups -OCH3 is 1. The third-order valence-corrected chi connectivity index (χ3v) is 4.75. The smallest absolute Gasteiger partial charge is 0.274 e. The number of amides is 1. The minimum atomic E-state index is -0.278. The lowest BCUT2D eigenvalue weighted by Gasteiger charge is -2.10. The molecule has 29 heavy (non-hydrogen) atoms. The number of aromatic amines is 1. The number of hydrogen-bond donors (Lipinski definition) is 3. The van der Waals surface area contributed by atoms with Crippen LogP contribution in [0.15, 0.2) is 73.1 Å². The number of pyridine rings is 1. The van der Waals surface area contributed by atoms with Gasteiger partial charge in [-0.1, -0.05) is 30.3 Å². The number of benzene rings is 2. The van der Waals surface area contributed by atoms with Gasteiger partial charge in [0.05, 0.1) is 24.7 Å². The Kier molecular flexibility index (Phi) is 5.42. The summed E-state index contributed by atoms with van der Waals surface area (Å²) in [5.74, 6) is 0.330. The zero-order chi connectivity index (χ0) is 20.1. The van der Waals surface area contributed by atoms with E-state index in [-0.39, 0.29) is 5.91 Å². The Morgan fingerprint density at radius 2 is 1.90 bits per heavy atom. The quantitative estimate of drug-likeness (QED) is 0.438. The molecule has 0 aliphatic carbocycles. The van der Waals surface area contributed by atoms with Gasteiger partial charge in [-0.05, 0) is 42.3 Å². The monoisotopic (exact) mass is 386 g/mol. The van der Waals surface area contributed by atoms with Gasteiger partial charge in [-0.2, -0.15) is 0 Å². The van der Waals surface area contributed by atoms with E-state index >= 15 is 0 Å². The number of aromatic nitrogens is 2. The molecule has 1 amide bonds. The molecule has 0 saturated carbocycles. The molecule has 0 spiro atoms. The van der Waals surface area contributed by atoms with E-state index in [0.29, 0.717) is 17.1 Å². The number of H-pyrrole nitrogens is 1. The first-order valence-corrected chi connectivity index (χ1v) is 9.44. The summed E-state index contributed by atoms with van der Waals surface area (Å²) in [5, 5.41) is 7.43. The maximum Gasteiger partial charge on any atom is 0.274 e. The minimum Gasteiger partial charge on any atom is -0.495 e. The van der Waals surface area contributed by atoms with Crippen molar-refractivity contribution in [2.45, 2.75) is 6.42 Å². The van der Waals surface area contributed by atoms with Gasteiger partial charge in [0, 0.05) is 23.6 Å². The van der Waals surface area contributed by atoms with E-state index in [4.69, 9.17) is 4.74 Å². The van der Waals surface area contributed by atoms with Gasteiger partial charge < -0.3 is 20.4 Å². The molecule has 4 aromatic rings. The van der Waals surface area contributed by atoms with Gasteiger partial charge in [0.15, 0.2) is 0 Å². The molecule has 0 saturated heterocycles. The molecule has 6 nitrogen and oxygen atoms in total. The highest BCUT2D eigenvalue weighted by Gasteiger charge is 2.10. The van der Waals surface area contributed by atoms with E-state index in [1.165, 1.54) is 10.9 Å².